The highest BCUT2D eigenvalue weighted by Crippen LogP contribution is 2.23. The summed E-state index contributed by atoms with van der Waals surface area (Å²) >= 11 is 0. The van der Waals surface area contributed by atoms with Crippen molar-refractivity contribution in [1.29, 1.82) is 0 Å². The number of carbonyl (C=O) groups excluding carboxylic acids is 3. The molecule has 28 heavy (non-hydrogen) atoms. The average Bonchev–Trinajstić information content (AvgIpc) is 2.87. The molecular formula is C22H28N2O4. The number of carbonyl (C=O) groups is 3. The molecule has 1 aromatic carbocycles. The maximum absolute atomic E-state index is 13.1. The predicted molar refractivity (Wildman–Crippen MR) is 108 cm³/mol. The molecule has 0 radical (unpaired) electrons. The van der Waals surface area contributed by atoms with E-state index in [1.54, 1.807) is 42.5 Å². The molecule has 0 atom stereocenters. The Kier molecular flexibility index (Phi) is 6.44. The van der Waals surface area contributed by atoms with Crippen LogP contribution in [0.1, 0.15) is 61.9 Å². The summed E-state index contributed by atoms with van der Waals surface area (Å²) in [6.45, 7) is 9.17. The van der Waals surface area contributed by atoms with E-state index in [4.69, 9.17) is 4.74 Å². The fraction of sp³-hybridized carbons (Fsp3) is 0.409. The van der Waals surface area contributed by atoms with Gasteiger partial charge in [0.15, 0.2) is 5.78 Å². The van der Waals surface area contributed by atoms with Gasteiger partial charge in [0, 0.05) is 29.9 Å². The highest BCUT2D eigenvalue weighted by atomic mass is 16.5. The second kappa shape index (κ2) is 8.42. The summed E-state index contributed by atoms with van der Waals surface area (Å²) in [6, 6.07) is 7.14. The summed E-state index contributed by atoms with van der Waals surface area (Å²) in [4.78, 5) is 39.7. The molecule has 0 bridgehead atoms. The lowest BCUT2D eigenvalue weighted by atomic mass is 10.0. The minimum Gasteiger partial charge on any atom is -0.464 e. The minimum atomic E-state index is -0.487. The number of esters is 1. The van der Waals surface area contributed by atoms with Gasteiger partial charge in [-0.1, -0.05) is 17.7 Å². The summed E-state index contributed by atoms with van der Waals surface area (Å²) in [5.74, 6) is -0.878. The Hall–Kier alpha value is -2.89. The van der Waals surface area contributed by atoms with Crippen LogP contribution in [-0.2, 0) is 11.8 Å². The summed E-state index contributed by atoms with van der Waals surface area (Å²) in [5.41, 5.74) is 3.67. The Labute approximate surface area is 166 Å². The van der Waals surface area contributed by atoms with Crippen molar-refractivity contribution in [3.05, 3.63) is 57.9 Å². The molecule has 1 aromatic heterocycles. The number of rotatable bonds is 6. The molecule has 0 aliphatic rings. The number of ketones is 1. The molecule has 0 unspecified atom stereocenters. The molecule has 1 heterocycles. The minimum absolute atomic E-state index is 0.0588. The number of hydrogen-bond donors (Lipinski definition) is 0. The van der Waals surface area contributed by atoms with Crippen molar-refractivity contribution in [2.45, 2.75) is 40.7 Å². The largest absolute Gasteiger partial charge is 0.464 e. The van der Waals surface area contributed by atoms with Crippen LogP contribution < -0.4 is 0 Å². The molecule has 0 aliphatic carbocycles. The zero-order valence-corrected chi connectivity index (χ0v) is 17.6. The number of aromatic nitrogens is 1. The van der Waals surface area contributed by atoms with Gasteiger partial charge in [-0.25, -0.2) is 4.79 Å². The predicted octanol–water partition coefficient (Wildman–Crippen LogP) is 3.47. The Morgan fingerprint density at radius 3 is 2.14 bits per heavy atom. The SMILES string of the molecule is COC(=O)c1c(C)c(C(=O)CN(C(=O)c2ccc(C)cc2)C(C)C)c(C)n1C. The van der Waals surface area contributed by atoms with Crippen LogP contribution >= 0.6 is 0 Å². The Bertz CT molecular complexity index is 908. The van der Waals surface area contributed by atoms with Crippen molar-refractivity contribution in [2.24, 2.45) is 7.05 Å². The molecule has 0 saturated heterocycles. The molecule has 1 amide bonds. The van der Waals surface area contributed by atoms with Crippen LogP contribution in [0.2, 0.25) is 0 Å². The van der Waals surface area contributed by atoms with E-state index in [2.05, 4.69) is 0 Å². The van der Waals surface area contributed by atoms with E-state index >= 15 is 0 Å². The van der Waals surface area contributed by atoms with E-state index in [1.807, 2.05) is 32.9 Å². The third kappa shape index (κ3) is 4.01. The molecular weight excluding hydrogens is 356 g/mol. The zero-order chi connectivity index (χ0) is 21.2. The topological polar surface area (TPSA) is 68.6 Å². The summed E-state index contributed by atoms with van der Waals surface area (Å²) in [7, 11) is 3.04. The van der Waals surface area contributed by atoms with Gasteiger partial charge in [-0.15, -0.1) is 0 Å². The maximum atomic E-state index is 13.1. The third-order valence-corrected chi connectivity index (χ3v) is 5.08. The van der Waals surface area contributed by atoms with Crippen LogP contribution in [0.15, 0.2) is 24.3 Å². The fourth-order valence-electron chi connectivity index (χ4n) is 3.36. The van der Waals surface area contributed by atoms with Gasteiger partial charge in [0.1, 0.15) is 5.69 Å². The number of amides is 1. The second-order valence-corrected chi connectivity index (χ2v) is 7.30. The van der Waals surface area contributed by atoms with E-state index in [9.17, 15) is 14.4 Å². The van der Waals surface area contributed by atoms with Gasteiger partial charge in [-0.2, -0.15) is 0 Å². The number of ether oxygens (including phenoxy) is 1. The van der Waals surface area contributed by atoms with Crippen molar-refractivity contribution in [1.82, 2.24) is 9.47 Å². The average molecular weight is 384 g/mol. The number of methoxy groups -OCH3 is 1. The first-order valence-electron chi connectivity index (χ1n) is 9.25. The molecule has 0 aliphatic heterocycles. The smallest absolute Gasteiger partial charge is 0.354 e. The first kappa shape index (κ1) is 21.4. The first-order chi connectivity index (χ1) is 13.1. The molecule has 150 valence electrons. The van der Waals surface area contributed by atoms with E-state index in [0.717, 1.165) is 5.56 Å². The van der Waals surface area contributed by atoms with Crippen molar-refractivity contribution in [2.75, 3.05) is 13.7 Å². The molecule has 0 fully saturated rings. The van der Waals surface area contributed by atoms with E-state index in [-0.39, 0.29) is 24.3 Å². The summed E-state index contributed by atoms with van der Waals surface area (Å²) in [5, 5.41) is 0. The van der Waals surface area contributed by atoms with Gasteiger partial charge in [-0.05, 0) is 52.3 Å². The van der Waals surface area contributed by atoms with Crippen LogP contribution in [0.4, 0.5) is 0 Å². The van der Waals surface area contributed by atoms with E-state index in [0.29, 0.717) is 28.1 Å². The van der Waals surface area contributed by atoms with Gasteiger partial charge in [-0.3, -0.25) is 9.59 Å². The fourth-order valence-corrected chi connectivity index (χ4v) is 3.36. The van der Waals surface area contributed by atoms with Crippen LogP contribution in [-0.4, -0.2) is 46.8 Å². The quantitative estimate of drug-likeness (QED) is 0.565. The first-order valence-corrected chi connectivity index (χ1v) is 9.25. The Balaban J connectivity index is 2.37. The Morgan fingerprint density at radius 2 is 1.64 bits per heavy atom. The lowest BCUT2D eigenvalue weighted by molar-refractivity contribution is 0.0588. The van der Waals surface area contributed by atoms with E-state index < -0.39 is 5.97 Å². The molecule has 2 rings (SSSR count). The van der Waals surface area contributed by atoms with Crippen LogP contribution in [0.25, 0.3) is 0 Å². The van der Waals surface area contributed by atoms with Crippen molar-refractivity contribution < 1.29 is 19.1 Å². The maximum Gasteiger partial charge on any atom is 0.354 e. The highest BCUT2D eigenvalue weighted by molar-refractivity contribution is 6.06. The molecule has 6 nitrogen and oxygen atoms in total. The zero-order valence-electron chi connectivity index (χ0n) is 17.6. The Morgan fingerprint density at radius 1 is 1.07 bits per heavy atom. The van der Waals surface area contributed by atoms with Gasteiger partial charge in [0.25, 0.3) is 5.91 Å². The van der Waals surface area contributed by atoms with Gasteiger partial charge >= 0.3 is 5.97 Å². The summed E-state index contributed by atoms with van der Waals surface area (Å²) in [6.07, 6.45) is 0. The van der Waals surface area contributed by atoms with Crippen LogP contribution in [0, 0.1) is 20.8 Å². The highest BCUT2D eigenvalue weighted by Gasteiger charge is 2.28. The lowest BCUT2D eigenvalue weighted by Crippen LogP contribution is -2.41. The molecule has 0 spiro atoms. The number of benzene rings is 1. The molecule has 0 saturated carbocycles. The number of Topliss-reactive ketones (excluding diaryl/α,β-unsaturated/α-hetero) is 1. The monoisotopic (exact) mass is 384 g/mol. The van der Waals surface area contributed by atoms with Gasteiger partial charge < -0.3 is 14.2 Å². The number of aryl methyl sites for hydroxylation is 1. The van der Waals surface area contributed by atoms with Crippen molar-refractivity contribution >= 4 is 17.7 Å². The van der Waals surface area contributed by atoms with Gasteiger partial charge in [0.2, 0.25) is 0 Å². The van der Waals surface area contributed by atoms with Crippen molar-refractivity contribution in [3.8, 4) is 0 Å². The molecule has 2 aromatic rings. The van der Waals surface area contributed by atoms with Gasteiger partial charge in [0.05, 0.1) is 13.7 Å². The van der Waals surface area contributed by atoms with Crippen LogP contribution in [0.5, 0.6) is 0 Å². The number of nitrogens with zero attached hydrogens (tertiary/aromatic N) is 2. The number of hydrogen-bond acceptors (Lipinski definition) is 4. The summed E-state index contributed by atoms with van der Waals surface area (Å²) < 4.78 is 6.50. The van der Waals surface area contributed by atoms with E-state index in [1.165, 1.54) is 7.11 Å². The lowest BCUT2D eigenvalue weighted by Gasteiger charge is -2.26. The van der Waals surface area contributed by atoms with Crippen molar-refractivity contribution in [3.63, 3.8) is 0 Å². The molecule has 0 N–H and O–H groups in total. The normalized spacial score (nSPS) is 10.9. The standard InChI is InChI=1S/C22H28N2O4/c1-13(2)24(21(26)17-10-8-14(3)9-11-17)12-18(25)19-15(4)20(22(27)28-7)23(6)16(19)5/h8-11,13H,12H2,1-7H3. The van der Waals surface area contributed by atoms with Crippen LogP contribution in [0.3, 0.4) is 0 Å². The molecule has 6 heteroatoms. The second-order valence-electron chi connectivity index (χ2n) is 7.30. The third-order valence-electron chi connectivity index (χ3n) is 5.08.